The molecule has 0 unspecified atom stereocenters. The minimum Gasteiger partial charge on any atom is -0.382 e. The van der Waals surface area contributed by atoms with Gasteiger partial charge < -0.3 is 16.4 Å². The molecule has 0 aliphatic carbocycles. The van der Waals surface area contributed by atoms with E-state index in [0.717, 1.165) is 0 Å². The van der Waals surface area contributed by atoms with Crippen LogP contribution >= 0.6 is 0 Å². The van der Waals surface area contributed by atoms with Gasteiger partial charge in [0.1, 0.15) is 12.4 Å². The summed E-state index contributed by atoms with van der Waals surface area (Å²) in [5, 5.41) is 9.37. The number of rotatable bonds is 5. The van der Waals surface area contributed by atoms with E-state index >= 15 is 0 Å². The summed E-state index contributed by atoms with van der Waals surface area (Å²) in [4.78, 5) is 23.0. The molecule has 0 saturated heterocycles. The summed E-state index contributed by atoms with van der Waals surface area (Å²) < 4.78 is 1.44. The summed E-state index contributed by atoms with van der Waals surface area (Å²) in [7, 11) is 0. The normalized spacial score (nSPS) is 11.1. The average Bonchev–Trinajstić information content (AvgIpc) is 2.61. The molecule has 0 radical (unpaired) electrons. The summed E-state index contributed by atoms with van der Waals surface area (Å²) in [6, 6.07) is 1.62. The van der Waals surface area contributed by atoms with Gasteiger partial charge in [0, 0.05) is 24.7 Å². The van der Waals surface area contributed by atoms with Crippen LogP contribution in [0, 0.1) is 0 Å². The zero-order valence-corrected chi connectivity index (χ0v) is 11.6. The third-order valence-electron chi connectivity index (χ3n) is 2.16. The highest BCUT2D eigenvalue weighted by Crippen LogP contribution is 1.98. The van der Waals surface area contributed by atoms with E-state index < -0.39 is 0 Å². The van der Waals surface area contributed by atoms with Crippen molar-refractivity contribution in [3.8, 4) is 0 Å². The highest BCUT2D eigenvalue weighted by atomic mass is 16.2. The van der Waals surface area contributed by atoms with Crippen LogP contribution in [-0.4, -0.2) is 33.7 Å². The van der Waals surface area contributed by atoms with E-state index in [-0.39, 0.29) is 30.3 Å². The number of hydrogen-bond donors (Lipinski definition) is 3. The van der Waals surface area contributed by atoms with Gasteiger partial charge in [0.05, 0.1) is 0 Å². The first-order valence-corrected chi connectivity index (χ1v) is 6.13. The second kappa shape index (κ2) is 6.21. The minimum absolute atomic E-state index is 0.0869. The molecule has 0 aliphatic heterocycles. The van der Waals surface area contributed by atoms with Crippen LogP contribution in [0.5, 0.6) is 0 Å². The van der Waals surface area contributed by atoms with Crippen LogP contribution in [-0.2, 0) is 16.1 Å². The SMILES string of the molecule is CC(C)(C)NC(=O)CCNC(=O)Cn1ccc(N)n1. The first-order chi connectivity index (χ1) is 8.76. The first-order valence-electron chi connectivity index (χ1n) is 6.13. The standard InChI is InChI=1S/C12H21N5O2/c1-12(2,3)15-10(18)4-6-14-11(19)8-17-7-5-9(13)16-17/h5,7H,4,6,8H2,1-3H3,(H2,13,16)(H,14,19)(H,15,18). The van der Waals surface area contributed by atoms with E-state index in [1.165, 1.54) is 4.68 Å². The van der Waals surface area contributed by atoms with Crippen LogP contribution in [0.2, 0.25) is 0 Å². The molecule has 1 rings (SSSR count). The van der Waals surface area contributed by atoms with Gasteiger partial charge in [-0.25, -0.2) is 0 Å². The smallest absolute Gasteiger partial charge is 0.241 e. The number of nitrogens with two attached hydrogens (primary N) is 1. The second-order valence-corrected chi connectivity index (χ2v) is 5.34. The number of anilines is 1. The van der Waals surface area contributed by atoms with Crippen molar-refractivity contribution in [3.63, 3.8) is 0 Å². The fraction of sp³-hybridized carbons (Fsp3) is 0.583. The zero-order chi connectivity index (χ0) is 14.5. The van der Waals surface area contributed by atoms with Gasteiger partial charge >= 0.3 is 0 Å². The molecule has 0 bridgehead atoms. The molecule has 4 N–H and O–H groups in total. The van der Waals surface area contributed by atoms with Gasteiger partial charge in [-0.15, -0.1) is 0 Å². The summed E-state index contributed by atoms with van der Waals surface area (Å²) in [6.45, 7) is 6.12. The lowest BCUT2D eigenvalue weighted by Gasteiger charge is -2.20. The Morgan fingerprint density at radius 3 is 2.58 bits per heavy atom. The number of carbonyl (C=O) groups excluding carboxylic acids is 2. The van der Waals surface area contributed by atoms with Gasteiger partial charge in [-0.05, 0) is 26.8 Å². The van der Waals surface area contributed by atoms with Crippen molar-refractivity contribution in [2.75, 3.05) is 12.3 Å². The molecule has 1 heterocycles. The highest BCUT2D eigenvalue weighted by molar-refractivity contribution is 5.79. The lowest BCUT2D eigenvalue weighted by Crippen LogP contribution is -2.42. The maximum atomic E-state index is 11.5. The fourth-order valence-corrected chi connectivity index (χ4v) is 1.46. The van der Waals surface area contributed by atoms with Gasteiger partial charge in [0.15, 0.2) is 0 Å². The van der Waals surface area contributed by atoms with Crippen molar-refractivity contribution in [2.24, 2.45) is 0 Å². The van der Waals surface area contributed by atoms with Gasteiger partial charge in [-0.1, -0.05) is 0 Å². The average molecular weight is 267 g/mol. The number of nitrogens with one attached hydrogen (secondary N) is 2. The molecule has 1 aromatic rings. The van der Waals surface area contributed by atoms with E-state index in [9.17, 15) is 9.59 Å². The molecule has 0 fully saturated rings. The molecular weight excluding hydrogens is 246 g/mol. The Morgan fingerprint density at radius 1 is 1.37 bits per heavy atom. The Kier molecular flexibility index (Phi) is 4.91. The third-order valence-corrected chi connectivity index (χ3v) is 2.16. The molecule has 106 valence electrons. The molecule has 0 aromatic carbocycles. The van der Waals surface area contributed by atoms with Crippen LogP contribution in [0.1, 0.15) is 27.2 Å². The number of amides is 2. The van der Waals surface area contributed by atoms with Crippen molar-refractivity contribution in [3.05, 3.63) is 12.3 Å². The Labute approximate surface area is 112 Å². The molecule has 7 heteroatoms. The Morgan fingerprint density at radius 2 is 2.05 bits per heavy atom. The lowest BCUT2D eigenvalue weighted by molar-refractivity contribution is -0.123. The molecule has 1 aromatic heterocycles. The molecule has 0 spiro atoms. The van der Waals surface area contributed by atoms with Gasteiger partial charge in [0.2, 0.25) is 11.8 Å². The Balaban J connectivity index is 2.22. The summed E-state index contributed by atoms with van der Waals surface area (Å²) >= 11 is 0. The predicted molar refractivity (Wildman–Crippen MR) is 72.2 cm³/mol. The van der Waals surface area contributed by atoms with E-state index in [1.807, 2.05) is 20.8 Å². The largest absolute Gasteiger partial charge is 0.382 e. The van der Waals surface area contributed by atoms with Gasteiger partial charge in [0.25, 0.3) is 0 Å². The van der Waals surface area contributed by atoms with E-state index in [4.69, 9.17) is 5.73 Å². The van der Waals surface area contributed by atoms with Crippen LogP contribution in [0.15, 0.2) is 12.3 Å². The number of carbonyl (C=O) groups is 2. The van der Waals surface area contributed by atoms with Crippen LogP contribution in [0.25, 0.3) is 0 Å². The predicted octanol–water partition coefficient (Wildman–Crippen LogP) is -0.114. The molecule has 7 nitrogen and oxygen atoms in total. The second-order valence-electron chi connectivity index (χ2n) is 5.34. The van der Waals surface area contributed by atoms with E-state index in [1.54, 1.807) is 12.3 Å². The molecular formula is C12H21N5O2. The van der Waals surface area contributed by atoms with Crippen LogP contribution in [0.3, 0.4) is 0 Å². The lowest BCUT2D eigenvalue weighted by atomic mass is 10.1. The highest BCUT2D eigenvalue weighted by Gasteiger charge is 2.13. The van der Waals surface area contributed by atoms with E-state index in [0.29, 0.717) is 12.4 Å². The summed E-state index contributed by atoms with van der Waals surface area (Å²) in [6.07, 6.45) is 1.88. The van der Waals surface area contributed by atoms with Crippen molar-refractivity contribution >= 4 is 17.6 Å². The summed E-state index contributed by atoms with van der Waals surface area (Å²) in [5.41, 5.74) is 5.18. The maximum Gasteiger partial charge on any atom is 0.241 e. The van der Waals surface area contributed by atoms with Crippen molar-refractivity contribution in [1.29, 1.82) is 0 Å². The van der Waals surface area contributed by atoms with Crippen molar-refractivity contribution in [2.45, 2.75) is 39.3 Å². The number of aromatic nitrogens is 2. The molecule has 0 aliphatic rings. The number of hydrogen-bond acceptors (Lipinski definition) is 4. The van der Waals surface area contributed by atoms with E-state index in [2.05, 4.69) is 15.7 Å². The maximum absolute atomic E-state index is 11.5. The topological polar surface area (TPSA) is 102 Å². The van der Waals surface area contributed by atoms with Gasteiger partial charge in [-0.2, -0.15) is 5.10 Å². The van der Waals surface area contributed by atoms with Crippen LogP contribution < -0.4 is 16.4 Å². The number of nitrogen functional groups attached to an aromatic ring is 1. The van der Waals surface area contributed by atoms with Gasteiger partial charge in [-0.3, -0.25) is 14.3 Å². The van der Waals surface area contributed by atoms with Crippen LogP contribution in [0.4, 0.5) is 5.82 Å². The third kappa shape index (κ3) is 6.44. The zero-order valence-electron chi connectivity index (χ0n) is 11.6. The summed E-state index contributed by atoms with van der Waals surface area (Å²) in [5.74, 6) is 0.0835. The number of nitrogens with zero attached hydrogens (tertiary/aromatic N) is 2. The van der Waals surface area contributed by atoms with Crippen molar-refractivity contribution in [1.82, 2.24) is 20.4 Å². The molecule has 2 amide bonds. The quantitative estimate of drug-likeness (QED) is 0.692. The molecule has 0 saturated carbocycles. The monoisotopic (exact) mass is 267 g/mol. The van der Waals surface area contributed by atoms with Crippen molar-refractivity contribution < 1.29 is 9.59 Å². The minimum atomic E-state index is -0.256. The molecule has 0 atom stereocenters. The molecule has 19 heavy (non-hydrogen) atoms. The first kappa shape index (κ1) is 15.0. The Hall–Kier alpha value is -2.05. The Bertz CT molecular complexity index is 447. The fourth-order valence-electron chi connectivity index (χ4n) is 1.46.